The van der Waals surface area contributed by atoms with Crippen LogP contribution in [0.25, 0.3) is 0 Å². The lowest BCUT2D eigenvalue weighted by molar-refractivity contribution is -0.115. The first-order valence-corrected chi connectivity index (χ1v) is 8.01. The van der Waals surface area contributed by atoms with Crippen molar-refractivity contribution in [2.45, 2.75) is 6.42 Å². The lowest BCUT2D eigenvalue weighted by atomic mass is 10.2. The predicted molar refractivity (Wildman–Crippen MR) is 99.1 cm³/mol. The summed E-state index contributed by atoms with van der Waals surface area (Å²) in [6.45, 7) is 0.422. The van der Waals surface area contributed by atoms with Gasteiger partial charge in [0.05, 0.1) is 32.6 Å². The summed E-state index contributed by atoms with van der Waals surface area (Å²) in [4.78, 5) is 23.6. The second-order valence-electron chi connectivity index (χ2n) is 5.36. The monoisotopic (exact) mass is 358 g/mol. The Kier molecular flexibility index (Phi) is 6.84. The van der Waals surface area contributed by atoms with Gasteiger partial charge in [0.25, 0.3) is 0 Å². The Morgan fingerprint density at radius 3 is 2.50 bits per heavy atom. The van der Waals surface area contributed by atoms with Crippen molar-refractivity contribution in [2.24, 2.45) is 0 Å². The number of amides is 1. The molecule has 0 saturated heterocycles. The first-order chi connectivity index (χ1) is 12.6. The van der Waals surface area contributed by atoms with Gasteiger partial charge in [0, 0.05) is 24.7 Å². The van der Waals surface area contributed by atoms with Crippen molar-refractivity contribution < 1.29 is 23.8 Å². The summed E-state index contributed by atoms with van der Waals surface area (Å²) in [6.07, 6.45) is 0.248. The van der Waals surface area contributed by atoms with Crippen molar-refractivity contribution >= 4 is 23.3 Å². The number of hydrogen-bond acceptors (Lipinski definition) is 6. The molecule has 0 atom stereocenters. The van der Waals surface area contributed by atoms with E-state index in [1.165, 1.54) is 7.11 Å². The Morgan fingerprint density at radius 2 is 1.81 bits per heavy atom. The lowest BCUT2D eigenvalue weighted by Crippen LogP contribution is -2.16. The maximum absolute atomic E-state index is 12.1. The van der Waals surface area contributed by atoms with Crippen molar-refractivity contribution in [1.29, 1.82) is 0 Å². The van der Waals surface area contributed by atoms with Crippen molar-refractivity contribution in [3.63, 3.8) is 0 Å². The van der Waals surface area contributed by atoms with Crippen LogP contribution in [0, 0.1) is 0 Å². The van der Waals surface area contributed by atoms with E-state index in [2.05, 4.69) is 15.4 Å². The highest BCUT2D eigenvalue weighted by atomic mass is 16.5. The van der Waals surface area contributed by atoms with Gasteiger partial charge in [-0.2, -0.15) is 0 Å². The smallest absolute Gasteiger partial charge is 0.337 e. The Morgan fingerprint density at radius 1 is 1.00 bits per heavy atom. The average Bonchev–Trinajstić information content (AvgIpc) is 2.67. The minimum absolute atomic E-state index is 0.174. The molecule has 0 fully saturated rings. The highest BCUT2D eigenvalue weighted by molar-refractivity contribution is 5.94. The van der Waals surface area contributed by atoms with Crippen molar-refractivity contribution in [3.8, 4) is 11.5 Å². The molecular formula is C19H22N2O5. The third kappa shape index (κ3) is 5.14. The van der Waals surface area contributed by atoms with E-state index < -0.39 is 5.97 Å². The molecule has 2 aromatic rings. The van der Waals surface area contributed by atoms with Gasteiger partial charge >= 0.3 is 5.97 Å². The minimum Gasteiger partial charge on any atom is -0.497 e. The fourth-order valence-electron chi connectivity index (χ4n) is 2.32. The largest absolute Gasteiger partial charge is 0.497 e. The summed E-state index contributed by atoms with van der Waals surface area (Å²) in [7, 11) is 4.47. The summed E-state index contributed by atoms with van der Waals surface area (Å²) in [5, 5.41) is 5.91. The van der Waals surface area contributed by atoms with Gasteiger partial charge in [-0.25, -0.2) is 4.79 Å². The van der Waals surface area contributed by atoms with Gasteiger partial charge in [0.2, 0.25) is 5.91 Å². The molecule has 0 bridgehead atoms. The third-order valence-electron chi connectivity index (χ3n) is 3.64. The van der Waals surface area contributed by atoms with Crippen LogP contribution < -0.4 is 20.1 Å². The zero-order valence-corrected chi connectivity index (χ0v) is 15.0. The van der Waals surface area contributed by atoms with E-state index in [4.69, 9.17) is 9.47 Å². The van der Waals surface area contributed by atoms with Gasteiger partial charge in [-0.15, -0.1) is 0 Å². The number of benzene rings is 2. The fourth-order valence-corrected chi connectivity index (χ4v) is 2.32. The molecule has 26 heavy (non-hydrogen) atoms. The molecule has 7 heteroatoms. The zero-order valence-electron chi connectivity index (χ0n) is 15.0. The van der Waals surface area contributed by atoms with Crippen LogP contribution in [-0.4, -0.2) is 39.8 Å². The van der Waals surface area contributed by atoms with Crippen LogP contribution in [-0.2, 0) is 9.53 Å². The molecule has 2 rings (SSSR count). The fraction of sp³-hybridized carbons (Fsp3) is 0.263. The molecule has 0 aliphatic rings. The Bertz CT molecular complexity index is 776. The molecule has 1 amide bonds. The van der Waals surface area contributed by atoms with Gasteiger partial charge in [-0.1, -0.05) is 6.07 Å². The van der Waals surface area contributed by atoms with E-state index in [1.54, 1.807) is 44.6 Å². The molecule has 0 aliphatic heterocycles. The number of anilines is 2. The van der Waals surface area contributed by atoms with Crippen LogP contribution in [0.3, 0.4) is 0 Å². The number of nitrogens with one attached hydrogen (secondary N) is 2. The van der Waals surface area contributed by atoms with Gasteiger partial charge < -0.3 is 24.8 Å². The predicted octanol–water partition coefficient (Wildman–Crippen LogP) is 2.93. The number of carbonyl (C=O) groups is 2. The Labute approximate surface area is 152 Å². The van der Waals surface area contributed by atoms with E-state index in [0.717, 1.165) is 5.69 Å². The highest BCUT2D eigenvalue weighted by Gasteiger charge is 2.09. The van der Waals surface area contributed by atoms with Crippen LogP contribution in [0.4, 0.5) is 11.4 Å². The molecule has 0 heterocycles. The molecular weight excluding hydrogens is 336 g/mol. The van der Waals surface area contributed by atoms with Crippen molar-refractivity contribution in [3.05, 3.63) is 48.0 Å². The quantitative estimate of drug-likeness (QED) is 0.706. The van der Waals surface area contributed by atoms with E-state index in [1.807, 2.05) is 12.1 Å². The highest BCUT2D eigenvalue weighted by Crippen LogP contribution is 2.28. The average molecular weight is 358 g/mol. The third-order valence-corrected chi connectivity index (χ3v) is 3.64. The van der Waals surface area contributed by atoms with E-state index in [0.29, 0.717) is 29.3 Å². The number of methoxy groups -OCH3 is 3. The second kappa shape index (κ2) is 9.31. The molecule has 0 aliphatic carbocycles. The van der Waals surface area contributed by atoms with Crippen molar-refractivity contribution in [1.82, 2.24) is 0 Å². The maximum atomic E-state index is 12.1. The summed E-state index contributed by atoms with van der Waals surface area (Å²) in [5.74, 6) is 0.701. The lowest BCUT2D eigenvalue weighted by Gasteiger charge is -2.12. The zero-order chi connectivity index (χ0) is 18.9. The summed E-state index contributed by atoms with van der Waals surface area (Å²) in [5.41, 5.74) is 1.69. The van der Waals surface area contributed by atoms with Crippen LogP contribution in [0.5, 0.6) is 11.5 Å². The first kappa shape index (κ1) is 19.1. The summed E-state index contributed by atoms with van der Waals surface area (Å²) in [6, 6.07) is 12.0. The van der Waals surface area contributed by atoms with Gasteiger partial charge in [-0.05, 0) is 30.3 Å². The molecule has 7 nitrogen and oxygen atoms in total. The number of rotatable bonds is 8. The van der Waals surface area contributed by atoms with E-state index in [9.17, 15) is 9.59 Å². The Balaban J connectivity index is 1.89. The topological polar surface area (TPSA) is 85.9 Å². The molecule has 0 spiro atoms. The van der Waals surface area contributed by atoms with Crippen LogP contribution in [0.15, 0.2) is 42.5 Å². The standard InChI is InChI=1S/C19H22N2O5/c1-24-15-7-8-16(17(12-15)25-2)20-10-9-18(22)21-14-6-4-5-13(11-14)19(23)26-3/h4-8,11-12,20H,9-10H2,1-3H3,(H,21,22). The van der Waals surface area contributed by atoms with Gasteiger partial charge in [0.15, 0.2) is 0 Å². The van der Waals surface area contributed by atoms with E-state index in [-0.39, 0.29) is 12.3 Å². The van der Waals surface area contributed by atoms with Crippen LogP contribution in [0.1, 0.15) is 16.8 Å². The molecule has 2 aromatic carbocycles. The second-order valence-corrected chi connectivity index (χ2v) is 5.36. The molecule has 2 N–H and O–H groups in total. The van der Waals surface area contributed by atoms with Crippen molar-refractivity contribution in [2.75, 3.05) is 38.5 Å². The molecule has 0 saturated carbocycles. The SMILES string of the molecule is COC(=O)c1cccc(NC(=O)CCNc2ccc(OC)cc2OC)c1. The summed E-state index contributed by atoms with van der Waals surface area (Å²) < 4.78 is 15.1. The first-order valence-electron chi connectivity index (χ1n) is 8.01. The normalized spacial score (nSPS) is 9.96. The number of hydrogen-bond donors (Lipinski definition) is 2. The maximum Gasteiger partial charge on any atom is 0.337 e. The van der Waals surface area contributed by atoms with Crippen LogP contribution >= 0.6 is 0 Å². The summed E-state index contributed by atoms with van der Waals surface area (Å²) >= 11 is 0. The minimum atomic E-state index is -0.450. The van der Waals surface area contributed by atoms with Gasteiger partial charge in [0.1, 0.15) is 11.5 Å². The van der Waals surface area contributed by atoms with Crippen LogP contribution in [0.2, 0.25) is 0 Å². The number of esters is 1. The Hall–Kier alpha value is -3.22. The molecule has 0 radical (unpaired) electrons. The van der Waals surface area contributed by atoms with E-state index >= 15 is 0 Å². The molecule has 0 unspecified atom stereocenters. The van der Waals surface area contributed by atoms with Gasteiger partial charge in [-0.3, -0.25) is 4.79 Å². The molecule has 0 aromatic heterocycles. The number of carbonyl (C=O) groups excluding carboxylic acids is 2. The molecule has 138 valence electrons. The number of ether oxygens (including phenoxy) is 3.